The third kappa shape index (κ3) is 3.79. The van der Waals surface area contributed by atoms with Crippen LogP contribution in [-0.4, -0.2) is 15.6 Å². The van der Waals surface area contributed by atoms with Gasteiger partial charge in [-0.1, -0.05) is 60.7 Å². The predicted octanol–water partition coefficient (Wildman–Crippen LogP) is 6.64. The predicted molar refractivity (Wildman–Crippen MR) is 135 cm³/mol. The highest BCUT2D eigenvalue weighted by atomic mass is 32.2. The van der Waals surface area contributed by atoms with E-state index in [1.165, 1.54) is 11.8 Å². The average molecular weight is 436 g/mol. The molecule has 1 aromatic heterocycles. The van der Waals surface area contributed by atoms with E-state index < -0.39 is 0 Å². The topological polar surface area (TPSA) is 37.6 Å². The number of rotatable bonds is 5. The van der Waals surface area contributed by atoms with Crippen LogP contribution in [0.15, 0.2) is 114 Å². The van der Waals surface area contributed by atoms with E-state index in [0.29, 0.717) is 16.6 Å². The lowest BCUT2D eigenvalue weighted by atomic mass is 10.1. The quantitative estimate of drug-likeness (QED) is 0.260. The number of amidine groups is 1. The number of thioether (sulfide) groups is 1. The number of aromatic nitrogens is 1. The Hall–Kier alpha value is -3.83. The van der Waals surface area contributed by atoms with E-state index in [-0.39, 0.29) is 5.91 Å². The molecule has 1 aliphatic rings. The van der Waals surface area contributed by atoms with E-state index in [1.807, 2.05) is 84.9 Å². The lowest BCUT2D eigenvalue weighted by Crippen LogP contribution is -2.28. The maximum absolute atomic E-state index is 13.5. The molecule has 1 amide bonds. The maximum atomic E-state index is 13.5. The first-order valence-electron chi connectivity index (χ1n) is 10.4. The van der Waals surface area contributed by atoms with Crippen molar-refractivity contribution in [2.45, 2.75) is 6.54 Å². The van der Waals surface area contributed by atoms with Gasteiger partial charge in [-0.2, -0.15) is 0 Å². The Balaban J connectivity index is 1.61. The van der Waals surface area contributed by atoms with E-state index in [9.17, 15) is 4.79 Å². The molecule has 1 saturated heterocycles. The minimum absolute atomic E-state index is 0.0727. The summed E-state index contributed by atoms with van der Waals surface area (Å²) in [6.07, 6.45) is 5.92. The highest BCUT2D eigenvalue weighted by Gasteiger charge is 2.34. The molecule has 4 aromatic rings. The minimum Gasteiger partial charge on any atom is -0.343 e. The van der Waals surface area contributed by atoms with Gasteiger partial charge in [0.15, 0.2) is 5.17 Å². The first-order chi connectivity index (χ1) is 15.7. The van der Waals surface area contributed by atoms with Gasteiger partial charge < -0.3 is 4.57 Å². The normalized spacial score (nSPS) is 16.4. The number of allylic oxidation sites excluding steroid dienone is 1. The number of hydrogen-bond donors (Lipinski definition) is 0. The number of aliphatic imine (C=N–C) groups is 1. The highest BCUT2D eigenvalue weighted by molar-refractivity contribution is 8.19. The van der Waals surface area contributed by atoms with E-state index in [1.54, 1.807) is 4.90 Å². The monoisotopic (exact) mass is 435 g/mol. The number of para-hydroxylation sites is 3. The fourth-order valence-corrected chi connectivity index (χ4v) is 4.78. The molecule has 2 heterocycles. The molecule has 156 valence electrons. The number of nitrogens with zero attached hydrogens (tertiary/aromatic N) is 3. The van der Waals surface area contributed by atoms with E-state index in [2.05, 4.69) is 29.5 Å². The van der Waals surface area contributed by atoms with Crippen LogP contribution in [0.3, 0.4) is 0 Å². The van der Waals surface area contributed by atoms with Gasteiger partial charge in [-0.3, -0.25) is 9.69 Å². The molecule has 0 atom stereocenters. The number of carbonyl (C=O) groups excluding carboxylic acids is 1. The van der Waals surface area contributed by atoms with Crippen LogP contribution in [0.1, 0.15) is 5.56 Å². The molecule has 32 heavy (non-hydrogen) atoms. The van der Waals surface area contributed by atoms with E-state index >= 15 is 0 Å². The lowest BCUT2D eigenvalue weighted by molar-refractivity contribution is -0.113. The first kappa shape index (κ1) is 20.1. The van der Waals surface area contributed by atoms with Crippen LogP contribution < -0.4 is 4.90 Å². The Morgan fingerprint density at radius 2 is 1.59 bits per heavy atom. The zero-order chi connectivity index (χ0) is 21.9. The summed E-state index contributed by atoms with van der Waals surface area (Å²) in [7, 11) is 0. The van der Waals surface area contributed by atoms with Crippen LogP contribution in [0.25, 0.3) is 17.0 Å². The molecule has 0 N–H and O–H groups in total. The fourth-order valence-electron chi connectivity index (χ4n) is 3.79. The van der Waals surface area contributed by atoms with Crippen LogP contribution in [0.5, 0.6) is 0 Å². The Morgan fingerprint density at radius 1 is 0.906 bits per heavy atom. The van der Waals surface area contributed by atoms with Crippen molar-refractivity contribution >= 4 is 51.2 Å². The van der Waals surface area contributed by atoms with Gasteiger partial charge in [-0.15, -0.1) is 6.58 Å². The third-order valence-corrected chi connectivity index (χ3v) is 6.20. The summed E-state index contributed by atoms with van der Waals surface area (Å²) >= 11 is 1.40. The van der Waals surface area contributed by atoms with Crippen molar-refractivity contribution in [1.82, 2.24) is 4.57 Å². The van der Waals surface area contributed by atoms with Crippen LogP contribution in [0.2, 0.25) is 0 Å². The third-order valence-electron chi connectivity index (χ3n) is 5.23. The summed E-state index contributed by atoms with van der Waals surface area (Å²) in [5.74, 6) is -0.0727. The number of anilines is 1. The standard InChI is InChI=1S/C27H21N3OS/c1-2-17-29-19-20(23-15-9-10-16-24(23)29)18-25-26(31)30(22-13-7-4-8-14-22)27(32-25)28-21-11-5-3-6-12-21/h2-16,18-19H,1,17H2. The van der Waals surface area contributed by atoms with Gasteiger partial charge in [-0.25, -0.2) is 4.99 Å². The Labute approximate surface area is 191 Å². The van der Waals surface area contributed by atoms with Gasteiger partial charge in [0, 0.05) is 29.2 Å². The second-order valence-corrected chi connectivity index (χ2v) is 8.37. The van der Waals surface area contributed by atoms with Crippen molar-refractivity contribution < 1.29 is 4.79 Å². The van der Waals surface area contributed by atoms with Gasteiger partial charge in [0.25, 0.3) is 5.91 Å². The van der Waals surface area contributed by atoms with Crippen LogP contribution in [0, 0.1) is 0 Å². The van der Waals surface area contributed by atoms with Gasteiger partial charge in [-0.05, 0) is 48.2 Å². The van der Waals surface area contributed by atoms with Gasteiger partial charge in [0.2, 0.25) is 0 Å². The molecule has 5 heteroatoms. The number of hydrogen-bond acceptors (Lipinski definition) is 3. The number of fused-ring (bicyclic) bond motifs is 1. The molecule has 4 nitrogen and oxygen atoms in total. The van der Waals surface area contributed by atoms with Crippen LogP contribution in [0.4, 0.5) is 11.4 Å². The molecule has 0 bridgehead atoms. The van der Waals surface area contributed by atoms with Gasteiger partial charge in [0.1, 0.15) is 0 Å². The maximum Gasteiger partial charge on any atom is 0.271 e. The molecular formula is C27H21N3OS. The molecule has 5 rings (SSSR count). The van der Waals surface area contributed by atoms with E-state index in [0.717, 1.165) is 27.8 Å². The van der Waals surface area contributed by atoms with Crippen molar-refractivity contribution in [3.05, 3.63) is 114 Å². The molecule has 1 fully saturated rings. The number of amides is 1. The summed E-state index contributed by atoms with van der Waals surface area (Å²) in [6, 6.07) is 27.6. The second-order valence-electron chi connectivity index (χ2n) is 7.36. The van der Waals surface area contributed by atoms with Gasteiger partial charge >= 0.3 is 0 Å². The number of carbonyl (C=O) groups is 1. The molecular weight excluding hydrogens is 414 g/mol. The average Bonchev–Trinajstić information content (AvgIpc) is 3.33. The fraction of sp³-hybridized carbons (Fsp3) is 0.0370. The molecule has 0 radical (unpaired) electrons. The summed E-state index contributed by atoms with van der Waals surface area (Å²) in [5, 5.41) is 1.75. The Kier molecular flexibility index (Phi) is 5.48. The van der Waals surface area contributed by atoms with Gasteiger partial charge in [0.05, 0.1) is 16.3 Å². The van der Waals surface area contributed by atoms with Crippen molar-refractivity contribution in [3.63, 3.8) is 0 Å². The molecule has 3 aromatic carbocycles. The SMILES string of the molecule is C=CCn1cc(C=C2SC(=Nc3ccccc3)N(c3ccccc3)C2=O)c2ccccc21. The molecule has 0 spiro atoms. The van der Waals surface area contributed by atoms with Crippen molar-refractivity contribution in [2.24, 2.45) is 4.99 Å². The van der Waals surface area contributed by atoms with Crippen LogP contribution in [-0.2, 0) is 11.3 Å². The van der Waals surface area contributed by atoms with Crippen molar-refractivity contribution in [1.29, 1.82) is 0 Å². The second kappa shape index (κ2) is 8.73. The molecule has 0 unspecified atom stereocenters. The van der Waals surface area contributed by atoms with E-state index in [4.69, 9.17) is 4.99 Å². The summed E-state index contributed by atoms with van der Waals surface area (Å²) in [6.45, 7) is 4.57. The highest BCUT2D eigenvalue weighted by Crippen LogP contribution is 2.38. The summed E-state index contributed by atoms with van der Waals surface area (Å²) < 4.78 is 2.15. The molecule has 0 saturated carbocycles. The lowest BCUT2D eigenvalue weighted by Gasteiger charge is -2.15. The Bertz CT molecular complexity index is 1350. The Morgan fingerprint density at radius 3 is 2.34 bits per heavy atom. The van der Waals surface area contributed by atoms with Crippen molar-refractivity contribution in [3.8, 4) is 0 Å². The zero-order valence-electron chi connectivity index (χ0n) is 17.4. The minimum atomic E-state index is -0.0727. The number of benzene rings is 3. The molecule has 1 aliphatic heterocycles. The van der Waals surface area contributed by atoms with Crippen molar-refractivity contribution in [2.75, 3.05) is 4.90 Å². The van der Waals surface area contributed by atoms with Crippen LogP contribution >= 0.6 is 11.8 Å². The summed E-state index contributed by atoms with van der Waals surface area (Å²) in [4.78, 5) is 20.6. The zero-order valence-corrected chi connectivity index (χ0v) is 18.2. The largest absolute Gasteiger partial charge is 0.343 e. The smallest absolute Gasteiger partial charge is 0.271 e. The first-order valence-corrected chi connectivity index (χ1v) is 11.2. The molecule has 0 aliphatic carbocycles. The summed E-state index contributed by atoms with van der Waals surface area (Å²) in [5.41, 5.74) is 3.74.